The van der Waals surface area contributed by atoms with Gasteiger partial charge in [0.05, 0.1) is 41.3 Å². The van der Waals surface area contributed by atoms with E-state index in [0.717, 1.165) is 76.2 Å². The number of carbonyl (C=O) groups excluding carboxylic acids is 2. The Labute approximate surface area is 422 Å². The minimum Gasteiger partial charge on any atom is -0.481 e. The average molecular weight is 998 g/mol. The lowest BCUT2D eigenvalue weighted by molar-refractivity contribution is -0.384. The van der Waals surface area contributed by atoms with E-state index in [1.165, 1.54) is 7.11 Å². The van der Waals surface area contributed by atoms with E-state index >= 15 is 0 Å². The van der Waals surface area contributed by atoms with Gasteiger partial charge < -0.3 is 9.47 Å². The van der Waals surface area contributed by atoms with Crippen LogP contribution in [0.4, 0.5) is 5.69 Å². The summed E-state index contributed by atoms with van der Waals surface area (Å²) in [5.41, 5.74) is 7.00. The summed E-state index contributed by atoms with van der Waals surface area (Å²) in [4.78, 5) is 58.8. The minimum absolute atomic E-state index is 0.00826. The molecular weight excluding hydrogens is 947 g/mol. The van der Waals surface area contributed by atoms with Gasteiger partial charge >= 0.3 is 0 Å². The van der Waals surface area contributed by atoms with Gasteiger partial charge in [-0.2, -0.15) is 8.42 Å². The maximum atomic E-state index is 13.8. The van der Waals surface area contributed by atoms with Crippen molar-refractivity contribution in [3.63, 3.8) is 0 Å². The van der Waals surface area contributed by atoms with E-state index in [-0.39, 0.29) is 53.1 Å². The van der Waals surface area contributed by atoms with Gasteiger partial charge in [0.1, 0.15) is 6.10 Å². The third-order valence-corrected chi connectivity index (χ3v) is 13.6. The van der Waals surface area contributed by atoms with Gasteiger partial charge in [-0.05, 0) is 102 Å². The average Bonchev–Trinajstić information content (AvgIpc) is 4.22. The van der Waals surface area contributed by atoms with Crippen LogP contribution in [0.5, 0.6) is 11.8 Å². The minimum atomic E-state index is -4.42. The molecule has 0 spiro atoms. The van der Waals surface area contributed by atoms with Crippen molar-refractivity contribution in [3.8, 4) is 34.0 Å². The summed E-state index contributed by atoms with van der Waals surface area (Å²) < 4.78 is 42.4. The molecule has 5 aromatic heterocycles. The van der Waals surface area contributed by atoms with Gasteiger partial charge in [0.2, 0.25) is 11.8 Å². The molecule has 0 bridgehead atoms. The van der Waals surface area contributed by atoms with Gasteiger partial charge in [-0.3, -0.25) is 44.2 Å². The van der Waals surface area contributed by atoms with Crippen LogP contribution < -0.4 is 14.8 Å². The van der Waals surface area contributed by atoms with Crippen molar-refractivity contribution < 1.29 is 36.6 Å². The van der Waals surface area contributed by atoms with Gasteiger partial charge in [-0.15, -0.1) is 0 Å². The van der Waals surface area contributed by atoms with Gasteiger partial charge in [-0.1, -0.05) is 66.7 Å². The molecule has 9 rings (SSSR count). The molecule has 1 fully saturated rings. The van der Waals surface area contributed by atoms with E-state index in [2.05, 4.69) is 42.4 Å². The molecule has 0 radical (unpaired) electrons. The highest BCUT2D eigenvalue weighted by atomic mass is 32.2. The lowest BCUT2D eigenvalue weighted by Crippen LogP contribution is -2.46. The SMILES string of the molecule is COc1ncc(-c2ccncc2)cc1CC(=O)[C@@H](Cc1ccccc1)OS(=O)(=O)c1ccc([N+](=O)[O-])cc1.COc1ncc(-c2ccncc2)cc1CC(=O)[C@H](Cc1ccccc1)NC1(c2ccccn2)CC1. The summed E-state index contributed by atoms with van der Waals surface area (Å²) in [5, 5.41) is 14.6. The first kappa shape index (κ1) is 51.0. The number of rotatable bonds is 21. The number of hydrogen-bond acceptors (Lipinski definition) is 15. The quantitative estimate of drug-likeness (QED) is 0.0405. The maximum Gasteiger partial charge on any atom is 0.297 e. The lowest BCUT2D eigenvalue weighted by atomic mass is 9.95. The smallest absolute Gasteiger partial charge is 0.297 e. The summed E-state index contributed by atoms with van der Waals surface area (Å²) in [7, 11) is -1.41. The standard InChI is InChI=1S/C29H28N4O2.C27H23N3O7S/c1-35-28-23(18-24(20-32-28)22-10-15-30-16-11-22)19-26(34)25(17-21-7-3-2-4-8-21)33-29(12-13-29)27-9-5-6-14-31-27;1-36-27-21(16-22(18-29-27)20-11-13-28-14-12-20)17-25(31)26(15-19-5-3-2-4-6-19)37-38(34,35)24-9-7-23(8-10-24)30(32)33/h2-11,14-16,18,20,25,33H,12-13,17,19H2,1H3;2-14,16,18,26H,15,17H2,1H3/t25-;26-/m01/s1. The third-order valence-electron chi connectivity index (χ3n) is 12.2. The number of aromatic nitrogens is 5. The van der Waals surface area contributed by atoms with Crippen molar-refractivity contribution >= 4 is 27.4 Å². The molecule has 1 N–H and O–H groups in total. The number of ketones is 2. The summed E-state index contributed by atoms with van der Waals surface area (Å²) in [5.74, 6) is 0.294. The van der Waals surface area contributed by atoms with Crippen LogP contribution in [0.2, 0.25) is 0 Å². The van der Waals surface area contributed by atoms with Crippen LogP contribution in [0, 0.1) is 10.1 Å². The Morgan fingerprint density at radius 3 is 1.62 bits per heavy atom. The van der Waals surface area contributed by atoms with Crippen molar-refractivity contribution in [2.75, 3.05) is 14.2 Å². The second kappa shape index (κ2) is 23.7. The van der Waals surface area contributed by atoms with Crippen LogP contribution in [0.25, 0.3) is 22.3 Å². The topological polar surface area (TPSA) is 216 Å². The van der Waals surface area contributed by atoms with Crippen LogP contribution in [0.3, 0.4) is 0 Å². The molecule has 3 aromatic carbocycles. The summed E-state index contributed by atoms with van der Waals surface area (Å²) in [6.45, 7) is 0. The molecule has 0 amide bonds. The highest BCUT2D eigenvalue weighted by molar-refractivity contribution is 7.86. The molecule has 0 aliphatic heterocycles. The Balaban J connectivity index is 0.000000195. The van der Waals surface area contributed by atoms with Crippen molar-refractivity contribution in [1.29, 1.82) is 0 Å². The first-order valence-electron chi connectivity index (χ1n) is 23.3. The van der Waals surface area contributed by atoms with Gasteiger partial charge in [0.25, 0.3) is 15.8 Å². The van der Waals surface area contributed by atoms with Gasteiger partial charge in [-0.25, -0.2) is 9.97 Å². The Bertz CT molecular complexity index is 3250. The van der Waals surface area contributed by atoms with Gasteiger partial charge in [0, 0.05) is 97.0 Å². The van der Waals surface area contributed by atoms with E-state index in [1.54, 1.807) is 92.8 Å². The molecule has 1 saturated carbocycles. The maximum absolute atomic E-state index is 13.8. The number of ether oxygens (including phenoxy) is 2. The number of benzene rings is 3. The number of Topliss-reactive ketones (excluding diaryl/α,β-unsaturated/α-hetero) is 2. The van der Waals surface area contributed by atoms with E-state index < -0.39 is 26.9 Å². The number of nitro groups is 1. The number of nitrogens with zero attached hydrogens (tertiary/aromatic N) is 6. The van der Waals surface area contributed by atoms with Gasteiger partial charge in [0.15, 0.2) is 11.6 Å². The van der Waals surface area contributed by atoms with Crippen LogP contribution >= 0.6 is 0 Å². The van der Waals surface area contributed by atoms with Crippen LogP contribution in [0.15, 0.2) is 188 Å². The summed E-state index contributed by atoms with van der Waals surface area (Å²) in [6.07, 6.45) is 13.1. The van der Waals surface area contributed by atoms with Crippen molar-refractivity contribution in [2.24, 2.45) is 0 Å². The molecule has 370 valence electrons. The fourth-order valence-electron chi connectivity index (χ4n) is 8.28. The predicted octanol–water partition coefficient (Wildman–Crippen LogP) is 8.74. The highest BCUT2D eigenvalue weighted by Crippen LogP contribution is 2.45. The molecule has 0 unspecified atom stereocenters. The van der Waals surface area contributed by atoms with E-state index in [9.17, 15) is 28.1 Å². The number of methoxy groups -OCH3 is 2. The molecule has 8 aromatic rings. The fraction of sp³-hybridized carbons (Fsp3) is 0.196. The van der Waals surface area contributed by atoms with Crippen LogP contribution in [-0.4, -0.2) is 76.2 Å². The fourth-order valence-corrected chi connectivity index (χ4v) is 9.34. The summed E-state index contributed by atoms with van der Waals surface area (Å²) >= 11 is 0. The number of non-ortho nitro benzene ring substituents is 1. The number of carbonyl (C=O) groups is 2. The number of hydrogen-bond donors (Lipinski definition) is 1. The van der Waals surface area contributed by atoms with E-state index in [1.807, 2.05) is 60.8 Å². The Hall–Kier alpha value is -8.38. The van der Waals surface area contributed by atoms with Crippen LogP contribution in [0.1, 0.15) is 40.8 Å². The van der Waals surface area contributed by atoms with Crippen molar-refractivity contribution in [1.82, 2.24) is 30.2 Å². The molecule has 16 nitrogen and oxygen atoms in total. The molecular formula is C56H51N7O9S. The molecule has 2 atom stereocenters. The zero-order valence-corrected chi connectivity index (χ0v) is 40.8. The molecule has 73 heavy (non-hydrogen) atoms. The number of pyridine rings is 5. The Morgan fingerprint density at radius 2 is 1.14 bits per heavy atom. The van der Waals surface area contributed by atoms with Crippen molar-refractivity contribution in [2.45, 2.75) is 61.1 Å². The monoisotopic (exact) mass is 997 g/mol. The normalized spacial score (nSPS) is 13.3. The highest BCUT2D eigenvalue weighted by Gasteiger charge is 2.47. The second-order valence-corrected chi connectivity index (χ2v) is 18.8. The second-order valence-electron chi connectivity index (χ2n) is 17.2. The first-order chi connectivity index (χ1) is 35.4. The zero-order chi connectivity index (χ0) is 51.2. The van der Waals surface area contributed by atoms with E-state index in [4.69, 9.17) is 13.7 Å². The Kier molecular flexibility index (Phi) is 16.5. The predicted molar refractivity (Wildman–Crippen MR) is 273 cm³/mol. The van der Waals surface area contributed by atoms with E-state index in [0.29, 0.717) is 23.4 Å². The lowest BCUT2D eigenvalue weighted by Gasteiger charge is -2.25. The largest absolute Gasteiger partial charge is 0.481 e. The summed E-state index contributed by atoms with van der Waals surface area (Å²) in [6, 6.07) is 40.0. The molecule has 17 heteroatoms. The molecule has 1 aliphatic rings. The molecule has 0 saturated heterocycles. The third kappa shape index (κ3) is 13.3. The Morgan fingerprint density at radius 1 is 0.630 bits per heavy atom. The van der Waals surface area contributed by atoms with Crippen molar-refractivity contribution in [3.05, 3.63) is 221 Å². The molecule has 1 aliphatic carbocycles. The first-order valence-corrected chi connectivity index (χ1v) is 24.7. The zero-order valence-electron chi connectivity index (χ0n) is 40.0. The van der Waals surface area contributed by atoms with Crippen LogP contribution in [-0.2, 0) is 55.1 Å². The number of nitro benzene ring substituents is 1. The number of nitrogens with one attached hydrogen (secondary N) is 1. The molecule has 5 heterocycles.